The lowest BCUT2D eigenvalue weighted by Gasteiger charge is -2.34. The normalized spacial score (nSPS) is 19.5. The van der Waals surface area contributed by atoms with Crippen LogP contribution >= 0.6 is 0 Å². The van der Waals surface area contributed by atoms with Crippen molar-refractivity contribution in [1.29, 1.82) is 0 Å². The fourth-order valence-electron chi connectivity index (χ4n) is 1.32. The quantitative estimate of drug-likeness (QED) is 0.564. The summed E-state index contributed by atoms with van der Waals surface area (Å²) in [6.07, 6.45) is 5.21. The van der Waals surface area contributed by atoms with Gasteiger partial charge in [-0.2, -0.15) is 0 Å². The molecule has 0 N–H and O–H groups in total. The molecule has 96 valence electrons. The molecule has 1 aliphatic rings. The van der Waals surface area contributed by atoms with Gasteiger partial charge in [0.1, 0.15) is 0 Å². The minimum atomic E-state index is -1.31. The van der Waals surface area contributed by atoms with Crippen LogP contribution in [-0.4, -0.2) is 28.4 Å². The topological polar surface area (TPSA) is 18.5 Å². The van der Waals surface area contributed by atoms with Crippen LogP contribution in [-0.2, 0) is 9.31 Å². The molecule has 0 aromatic rings. The number of rotatable bonds is 3. The van der Waals surface area contributed by atoms with E-state index in [0.717, 1.165) is 19.6 Å². The molecule has 1 fully saturated rings. The third-order valence-electron chi connectivity index (χ3n) is 3.68. The maximum absolute atomic E-state index is 5.45. The summed E-state index contributed by atoms with van der Waals surface area (Å²) in [6, 6.07) is 0. The van der Waals surface area contributed by atoms with E-state index in [1.165, 1.54) is 0 Å². The summed E-state index contributed by atoms with van der Waals surface area (Å²) >= 11 is 0. The Kier molecular flexibility index (Phi) is 5.23. The Morgan fingerprint density at radius 1 is 1.06 bits per heavy atom. The van der Waals surface area contributed by atoms with Crippen LogP contribution in [0.5, 0.6) is 0 Å². The smallest absolute Gasteiger partial charge is 0.408 e. The largest absolute Gasteiger partial charge is 0.486 e. The van der Waals surface area contributed by atoms with Crippen molar-refractivity contribution in [3.63, 3.8) is 0 Å². The van der Waals surface area contributed by atoms with Gasteiger partial charge >= 0.3 is 7.12 Å². The summed E-state index contributed by atoms with van der Waals surface area (Å²) in [6.45, 7) is 13.4. The maximum atomic E-state index is 5.45. The van der Waals surface area contributed by atoms with Gasteiger partial charge in [-0.25, -0.2) is 0 Å². The second-order valence-corrected chi connectivity index (χ2v) is 11.5. The van der Waals surface area contributed by atoms with E-state index in [1.807, 2.05) is 5.98 Å². The zero-order chi connectivity index (χ0) is 12.9. The first-order chi connectivity index (χ1) is 7.83. The van der Waals surface area contributed by atoms with E-state index in [2.05, 4.69) is 51.7 Å². The predicted molar refractivity (Wildman–Crippen MR) is 77.8 cm³/mol. The molecule has 0 bridgehead atoms. The van der Waals surface area contributed by atoms with E-state index in [1.54, 1.807) is 0 Å². The van der Waals surface area contributed by atoms with Crippen molar-refractivity contribution in [2.24, 2.45) is 0 Å². The van der Waals surface area contributed by atoms with Crippen molar-refractivity contribution in [3.05, 3.63) is 23.8 Å². The molecule has 1 aliphatic heterocycles. The van der Waals surface area contributed by atoms with Crippen LogP contribution in [0.25, 0.3) is 0 Å². The lowest BCUT2D eigenvalue weighted by Crippen LogP contribution is -2.34. The summed E-state index contributed by atoms with van der Waals surface area (Å²) in [7, 11) is -1.45. The minimum Gasteiger partial charge on any atom is -0.408 e. The van der Waals surface area contributed by atoms with E-state index in [9.17, 15) is 0 Å². The van der Waals surface area contributed by atoms with Gasteiger partial charge in [-0.15, -0.1) is 0 Å². The Morgan fingerprint density at radius 2 is 1.65 bits per heavy atom. The molecular formula is C13H25BO2Si. The summed E-state index contributed by atoms with van der Waals surface area (Å²) in [5.41, 5.74) is 2.38. The molecular weight excluding hydrogens is 227 g/mol. The van der Waals surface area contributed by atoms with Gasteiger partial charge in [0.2, 0.25) is 0 Å². The van der Waals surface area contributed by atoms with Crippen LogP contribution in [0, 0.1) is 0 Å². The highest BCUT2D eigenvalue weighted by atomic mass is 28.3. The van der Waals surface area contributed by atoms with Crippen LogP contribution in [0.1, 0.15) is 27.2 Å². The van der Waals surface area contributed by atoms with Gasteiger partial charge in [0.25, 0.3) is 0 Å². The van der Waals surface area contributed by atoms with Gasteiger partial charge in [0.15, 0.2) is 0 Å². The monoisotopic (exact) mass is 252 g/mol. The van der Waals surface area contributed by atoms with Crippen LogP contribution in [0.15, 0.2) is 23.8 Å². The summed E-state index contributed by atoms with van der Waals surface area (Å²) in [4.78, 5) is 0. The molecule has 0 spiro atoms. The van der Waals surface area contributed by atoms with Crippen molar-refractivity contribution in [2.45, 2.75) is 45.3 Å². The number of hydrogen-bond acceptors (Lipinski definition) is 2. The first-order valence-electron chi connectivity index (χ1n) is 6.42. The zero-order valence-corrected chi connectivity index (χ0v) is 12.8. The highest BCUT2D eigenvalue weighted by Gasteiger charge is 2.31. The molecule has 0 aliphatic carbocycles. The van der Waals surface area contributed by atoms with Crippen LogP contribution in [0.4, 0.5) is 0 Å². The molecule has 0 saturated carbocycles. The van der Waals surface area contributed by atoms with Gasteiger partial charge in [-0.1, -0.05) is 57.7 Å². The van der Waals surface area contributed by atoms with Crippen molar-refractivity contribution < 1.29 is 9.31 Å². The molecule has 0 radical (unpaired) electrons. The van der Waals surface area contributed by atoms with Gasteiger partial charge in [0, 0.05) is 13.2 Å². The molecule has 2 nitrogen and oxygen atoms in total. The predicted octanol–water partition coefficient (Wildman–Crippen LogP) is 3.61. The maximum Gasteiger partial charge on any atom is 0.486 e. The molecule has 0 atom stereocenters. The lowest BCUT2D eigenvalue weighted by molar-refractivity contribution is 0.142. The molecule has 1 heterocycles. The van der Waals surface area contributed by atoms with E-state index in [-0.39, 0.29) is 7.12 Å². The van der Waals surface area contributed by atoms with E-state index < -0.39 is 8.07 Å². The molecule has 4 heteroatoms. The second-order valence-electron chi connectivity index (χ2n) is 6.18. The SMILES string of the molecule is CC(C)(C)[Si](C)(C)/C=C/C=C/B1OCCCO1. The van der Waals surface area contributed by atoms with E-state index in [4.69, 9.17) is 9.31 Å². The third-order valence-corrected chi connectivity index (χ3v) is 8.57. The first kappa shape index (κ1) is 14.7. The minimum absolute atomic E-state index is 0.146. The lowest BCUT2D eigenvalue weighted by atomic mass is 9.88. The Balaban J connectivity index is 2.46. The average Bonchev–Trinajstić information content (AvgIpc) is 2.24. The first-order valence-corrected chi connectivity index (χ1v) is 9.50. The number of hydrogen-bond donors (Lipinski definition) is 0. The van der Waals surface area contributed by atoms with Crippen LogP contribution in [0.3, 0.4) is 0 Å². The van der Waals surface area contributed by atoms with Gasteiger partial charge < -0.3 is 9.31 Å². The average molecular weight is 252 g/mol. The Hall–Kier alpha value is -0.318. The Labute approximate surface area is 107 Å². The van der Waals surface area contributed by atoms with Crippen molar-refractivity contribution >= 4 is 15.2 Å². The van der Waals surface area contributed by atoms with Crippen molar-refractivity contribution in [1.82, 2.24) is 0 Å². The molecule has 0 aromatic heterocycles. The van der Waals surface area contributed by atoms with Gasteiger partial charge in [0.05, 0.1) is 8.07 Å². The third kappa shape index (κ3) is 4.82. The van der Waals surface area contributed by atoms with Crippen molar-refractivity contribution in [2.75, 3.05) is 13.2 Å². The highest BCUT2D eigenvalue weighted by Crippen LogP contribution is 2.36. The van der Waals surface area contributed by atoms with Crippen LogP contribution in [0.2, 0.25) is 18.1 Å². The summed E-state index contributed by atoms with van der Waals surface area (Å²) < 4.78 is 10.9. The molecule has 17 heavy (non-hydrogen) atoms. The second kappa shape index (κ2) is 6.03. The van der Waals surface area contributed by atoms with E-state index in [0.29, 0.717) is 5.04 Å². The summed E-state index contributed by atoms with van der Waals surface area (Å²) in [5, 5.41) is 0.398. The Bertz CT molecular complexity index is 286. The van der Waals surface area contributed by atoms with Crippen molar-refractivity contribution in [3.8, 4) is 0 Å². The zero-order valence-electron chi connectivity index (χ0n) is 11.8. The van der Waals surface area contributed by atoms with Gasteiger partial charge in [-0.05, 0) is 11.5 Å². The molecule has 1 saturated heterocycles. The molecule has 0 aromatic carbocycles. The summed E-state index contributed by atoms with van der Waals surface area (Å²) in [5.74, 6) is 1.99. The van der Waals surface area contributed by atoms with Crippen LogP contribution < -0.4 is 0 Å². The fourth-order valence-corrected chi connectivity index (χ4v) is 2.41. The van der Waals surface area contributed by atoms with E-state index >= 15 is 0 Å². The Morgan fingerprint density at radius 3 is 2.18 bits per heavy atom. The molecule has 0 amide bonds. The van der Waals surface area contributed by atoms with Gasteiger partial charge in [-0.3, -0.25) is 0 Å². The number of allylic oxidation sites excluding steroid dienone is 2. The molecule has 0 unspecified atom stereocenters. The fraction of sp³-hybridized carbons (Fsp3) is 0.692. The standard InChI is InChI=1S/C13H25BO2Si/c1-13(2,3)17(4,5)12-7-6-9-14-15-10-8-11-16-14/h6-7,9,12H,8,10-11H2,1-5H3/b9-6+,12-7+. The molecule has 1 rings (SSSR count). The highest BCUT2D eigenvalue weighted by molar-refractivity contribution is 6.84.